The van der Waals surface area contributed by atoms with Gasteiger partial charge in [-0.25, -0.2) is 0 Å². The zero-order chi connectivity index (χ0) is 10.6. The van der Waals surface area contributed by atoms with E-state index >= 15 is 0 Å². The van der Waals surface area contributed by atoms with Crippen molar-refractivity contribution in [3.05, 3.63) is 35.9 Å². The lowest BCUT2D eigenvalue weighted by Crippen LogP contribution is -2.26. The van der Waals surface area contributed by atoms with E-state index in [1.807, 2.05) is 30.3 Å². The van der Waals surface area contributed by atoms with Gasteiger partial charge >= 0.3 is 0 Å². The normalized spacial score (nSPS) is 14.0. The molecule has 0 aliphatic heterocycles. The van der Waals surface area contributed by atoms with Crippen LogP contribution in [0.15, 0.2) is 30.3 Å². The van der Waals surface area contributed by atoms with Crippen molar-refractivity contribution >= 4 is 0 Å². The molecule has 0 aromatic heterocycles. The van der Waals surface area contributed by atoms with Gasteiger partial charge in [0.1, 0.15) is 0 Å². The summed E-state index contributed by atoms with van der Waals surface area (Å²) < 4.78 is 0. The van der Waals surface area contributed by atoms with Gasteiger partial charge in [0.05, 0.1) is 12.7 Å². The van der Waals surface area contributed by atoms with E-state index in [2.05, 4.69) is 13.8 Å². The molecule has 0 saturated carbocycles. The maximum Gasteiger partial charge on any atom is 0.0779 e. The zero-order valence-electron chi connectivity index (χ0n) is 8.77. The van der Waals surface area contributed by atoms with Gasteiger partial charge in [-0.2, -0.15) is 0 Å². The van der Waals surface area contributed by atoms with Gasteiger partial charge in [0.2, 0.25) is 0 Å². The van der Waals surface area contributed by atoms with Crippen LogP contribution in [0.2, 0.25) is 0 Å². The van der Waals surface area contributed by atoms with Gasteiger partial charge in [-0.05, 0) is 17.4 Å². The van der Waals surface area contributed by atoms with Gasteiger partial charge in [0, 0.05) is 0 Å². The van der Waals surface area contributed by atoms with Crippen LogP contribution < -0.4 is 0 Å². The Morgan fingerprint density at radius 3 is 2.29 bits per heavy atom. The van der Waals surface area contributed by atoms with Crippen LogP contribution in [0.5, 0.6) is 0 Å². The molecule has 1 unspecified atom stereocenters. The van der Waals surface area contributed by atoms with E-state index < -0.39 is 6.10 Å². The van der Waals surface area contributed by atoms with Crippen LogP contribution in [-0.4, -0.2) is 22.9 Å². The number of hydrogen-bond donors (Lipinski definition) is 2. The highest BCUT2D eigenvalue weighted by Gasteiger charge is 2.23. The van der Waals surface area contributed by atoms with Crippen molar-refractivity contribution in [2.24, 2.45) is 0 Å². The second-order valence-corrected chi connectivity index (χ2v) is 4.29. The molecular weight excluding hydrogens is 176 g/mol. The Hall–Kier alpha value is -0.860. The summed E-state index contributed by atoms with van der Waals surface area (Å²) in [6.07, 6.45) is -0.0572. The second kappa shape index (κ2) is 4.58. The molecule has 0 fully saturated rings. The largest absolute Gasteiger partial charge is 0.394 e. The fraction of sp³-hybridized carbons (Fsp3) is 0.500. The first-order valence-corrected chi connectivity index (χ1v) is 4.91. The highest BCUT2D eigenvalue weighted by atomic mass is 16.3. The predicted molar refractivity (Wildman–Crippen MR) is 57.2 cm³/mol. The van der Waals surface area contributed by atoms with Gasteiger partial charge in [-0.1, -0.05) is 44.2 Å². The molecule has 2 nitrogen and oxygen atoms in total. The van der Waals surface area contributed by atoms with E-state index in [0.717, 1.165) is 0 Å². The van der Waals surface area contributed by atoms with Crippen molar-refractivity contribution in [2.45, 2.75) is 31.8 Å². The van der Waals surface area contributed by atoms with Crippen molar-refractivity contribution in [3.8, 4) is 0 Å². The molecule has 1 aromatic rings. The minimum atomic E-state index is -0.634. The Labute approximate surface area is 85.2 Å². The fourth-order valence-electron chi connectivity index (χ4n) is 1.66. The number of benzene rings is 1. The van der Waals surface area contributed by atoms with Crippen molar-refractivity contribution in [1.29, 1.82) is 0 Å². The Balaban J connectivity index is 2.75. The van der Waals surface area contributed by atoms with Crippen molar-refractivity contribution in [2.75, 3.05) is 6.61 Å². The third-order valence-electron chi connectivity index (χ3n) is 2.51. The van der Waals surface area contributed by atoms with Gasteiger partial charge in [-0.15, -0.1) is 0 Å². The maximum absolute atomic E-state index is 9.40. The first-order valence-electron chi connectivity index (χ1n) is 4.91. The van der Waals surface area contributed by atoms with Crippen LogP contribution in [0.25, 0.3) is 0 Å². The van der Waals surface area contributed by atoms with Gasteiger partial charge in [0.15, 0.2) is 0 Å². The molecule has 0 amide bonds. The Morgan fingerprint density at radius 2 is 1.79 bits per heavy atom. The summed E-state index contributed by atoms with van der Waals surface area (Å²) in [5.41, 5.74) is 1.09. The van der Waals surface area contributed by atoms with E-state index in [0.29, 0.717) is 6.42 Å². The van der Waals surface area contributed by atoms with Gasteiger partial charge in [0.25, 0.3) is 0 Å². The summed E-state index contributed by atoms with van der Waals surface area (Å²) in [6.45, 7) is 3.97. The van der Waals surface area contributed by atoms with Gasteiger partial charge in [-0.3, -0.25) is 0 Å². The number of hydrogen-bond acceptors (Lipinski definition) is 2. The second-order valence-electron chi connectivity index (χ2n) is 4.29. The lowest BCUT2D eigenvalue weighted by Gasteiger charge is -2.27. The quantitative estimate of drug-likeness (QED) is 0.766. The third kappa shape index (κ3) is 2.82. The van der Waals surface area contributed by atoms with Crippen LogP contribution >= 0.6 is 0 Å². The smallest absolute Gasteiger partial charge is 0.0779 e. The summed E-state index contributed by atoms with van der Waals surface area (Å²) in [7, 11) is 0. The van der Waals surface area contributed by atoms with Crippen LogP contribution in [0.3, 0.4) is 0 Å². The van der Waals surface area contributed by atoms with Crippen LogP contribution in [0.4, 0.5) is 0 Å². The van der Waals surface area contributed by atoms with Crippen molar-refractivity contribution in [1.82, 2.24) is 0 Å². The minimum absolute atomic E-state index is 0.0938. The average molecular weight is 194 g/mol. The molecule has 0 heterocycles. The van der Waals surface area contributed by atoms with E-state index in [-0.39, 0.29) is 12.0 Å². The highest BCUT2D eigenvalue weighted by Crippen LogP contribution is 2.27. The van der Waals surface area contributed by atoms with E-state index in [1.54, 1.807) is 0 Å². The standard InChI is InChI=1S/C12H18O2/c1-12(2,8-11(14)9-13)10-6-4-3-5-7-10/h3-7,11,13-14H,8-9H2,1-2H3. The van der Waals surface area contributed by atoms with Crippen LogP contribution in [0.1, 0.15) is 25.8 Å². The summed E-state index contributed by atoms with van der Waals surface area (Å²) in [5.74, 6) is 0. The molecule has 0 saturated heterocycles. The Bertz CT molecular complexity index is 267. The number of aliphatic hydroxyl groups excluding tert-OH is 2. The van der Waals surface area contributed by atoms with Crippen molar-refractivity contribution < 1.29 is 10.2 Å². The molecule has 2 heteroatoms. The first-order chi connectivity index (χ1) is 6.56. The third-order valence-corrected chi connectivity index (χ3v) is 2.51. The number of aliphatic hydroxyl groups is 2. The molecule has 0 aliphatic carbocycles. The monoisotopic (exact) mass is 194 g/mol. The van der Waals surface area contributed by atoms with E-state index in [1.165, 1.54) is 5.56 Å². The first kappa shape index (κ1) is 11.2. The van der Waals surface area contributed by atoms with Crippen LogP contribution in [-0.2, 0) is 5.41 Å². The topological polar surface area (TPSA) is 40.5 Å². The summed E-state index contributed by atoms with van der Waals surface area (Å²) in [4.78, 5) is 0. The SMILES string of the molecule is CC(C)(CC(O)CO)c1ccccc1. The molecule has 1 rings (SSSR count). The Kier molecular flexibility index (Phi) is 3.67. The summed E-state index contributed by atoms with van der Waals surface area (Å²) in [5, 5.41) is 18.2. The Morgan fingerprint density at radius 1 is 1.21 bits per heavy atom. The van der Waals surface area contributed by atoms with E-state index in [9.17, 15) is 5.11 Å². The number of rotatable bonds is 4. The molecule has 0 aliphatic rings. The summed E-state index contributed by atoms with van der Waals surface area (Å²) >= 11 is 0. The van der Waals surface area contributed by atoms with E-state index in [4.69, 9.17) is 5.11 Å². The molecule has 2 N–H and O–H groups in total. The molecule has 78 valence electrons. The summed E-state index contributed by atoms with van der Waals surface area (Å²) in [6, 6.07) is 10.0. The molecule has 1 atom stereocenters. The lowest BCUT2D eigenvalue weighted by atomic mass is 9.80. The molecule has 14 heavy (non-hydrogen) atoms. The van der Waals surface area contributed by atoms with Gasteiger partial charge < -0.3 is 10.2 Å². The average Bonchev–Trinajstić information content (AvgIpc) is 2.18. The minimum Gasteiger partial charge on any atom is -0.394 e. The predicted octanol–water partition coefficient (Wildman–Crippen LogP) is 1.71. The lowest BCUT2D eigenvalue weighted by molar-refractivity contribution is 0.0720. The highest BCUT2D eigenvalue weighted by molar-refractivity contribution is 5.23. The zero-order valence-corrected chi connectivity index (χ0v) is 8.77. The molecule has 0 bridgehead atoms. The molecule has 0 spiro atoms. The van der Waals surface area contributed by atoms with Crippen LogP contribution in [0, 0.1) is 0 Å². The fourth-order valence-corrected chi connectivity index (χ4v) is 1.66. The molecule has 1 aromatic carbocycles. The maximum atomic E-state index is 9.40. The molecular formula is C12H18O2. The van der Waals surface area contributed by atoms with Crippen molar-refractivity contribution in [3.63, 3.8) is 0 Å². The molecule has 0 radical (unpaired) electrons.